The summed E-state index contributed by atoms with van der Waals surface area (Å²) in [6.45, 7) is 6.40. The van der Waals surface area contributed by atoms with Gasteiger partial charge < -0.3 is 10.1 Å². The van der Waals surface area contributed by atoms with Gasteiger partial charge in [-0.05, 0) is 41.3 Å². The third-order valence-corrected chi connectivity index (χ3v) is 6.27. The van der Waals surface area contributed by atoms with E-state index in [2.05, 4.69) is 36.3 Å². The van der Waals surface area contributed by atoms with Crippen LogP contribution in [0.5, 0.6) is 5.75 Å². The predicted molar refractivity (Wildman–Crippen MR) is 138 cm³/mol. The van der Waals surface area contributed by atoms with Gasteiger partial charge >= 0.3 is 0 Å². The molecule has 3 aromatic carbocycles. The molecular formula is C27H28N4O2S. The summed E-state index contributed by atoms with van der Waals surface area (Å²) in [4.78, 5) is 12.9. The lowest BCUT2D eigenvalue weighted by Crippen LogP contribution is -2.20. The molecule has 4 aromatic rings. The molecule has 1 heterocycles. The molecule has 6 nitrogen and oxygen atoms in total. The van der Waals surface area contributed by atoms with Crippen molar-refractivity contribution < 1.29 is 9.53 Å². The normalized spacial score (nSPS) is 11.3. The number of aromatic nitrogens is 3. The van der Waals surface area contributed by atoms with Gasteiger partial charge in [0.15, 0.2) is 11.0 Å². The van der Waals surface area contributed by atoms with Crippen molar-refractivity contribution in [1.29, 1.82) is 0 Å². The number of carbonyl (C=O) groups excluding carboxylic acids is 1. The van der Waals surface area contributed by atoms with Crippen LogP contribution in [0.2, 0.25) is 0 Å². The number of para-hydroxylation sites is 3. The lowest BCUT2D eigenvalue weighted by Gasteiger charge is -2.23. The predicted octanol–water partition coefficient (Wildman–Crippen LogP) is 5.97. The fourth-order valence-electron chi connectivity index (χ4n) is 3.74. The Morgan fingerprint density at radius 1 is 0.941 bits per heavy atom. The van der Waals surface area contributed by atoms with Crippen molar-refractivity contribution in [3.8, 4) is 22.8 Å². The van der Waals surface area contributed by atoms with Crippen LogP contribution >= 0.6 is 11.8 Å². The van der Waals surface area contributed by atoms with Gasteiger partial charge in [0, 0.05) is 11.4 Å². The SMILES string of the molecule is COc1ccccc1-c1nnc(SCC(=O)Nc2ccccc2C(C)(C)C)n1-c1ccccc1. The molecule has 0 atom stereocenters. The number of hydrogen-bond acceptors (Lipinski definition) is 5. The minimum absolute atomic E-state index is 0.0753. The molecule has 1 N–H and O–H groups in total. The van der Waals surface area contributed by atoms with E-state index >= 15 is 0 Å². The Kier molecular flexibility index (Phi) is 7.03. The lowest BCUT2D eigenvalue weighted by atomic mass is 9.86. The van der Waals surface area contributed by atoms with Gasteiger partial charge in [-0.15, -0.1) is 10.2 Å². The number of nitrogens with zero attached hydrogens (tertiary/aromatic N) is 3. The largest absolute Gasteiger partial charge is 0.496 e. The lowest BCUT2D eigenvalue weighted by molar-refractivity contribution is -0.113. The van der Waals surface area contributed by atoms with Crippen molar-refractivity contribution in [2.24, 2.45) is 0 Å². The number of methoxy groups -OCH3 is 1. The zero-order chi connectivity index (χ0) is 24.1. The molecule has 0 saturated carbocycles. The standard InChI is InChI=1S/C27H28N4O2S/c1-27(2,3)21-15-9-10-16-22(21)28-24(32)18-34-26-30-29-25(20-14-8-11-17-23(20)33-4)31(26)19-12-6-5-7-13-19/h5-17H,18H2,1-4H3,(H,28,32). The highest BCUT2D eigenvalue weighted by molar-refractivity contribution is 7.99. The highest BCUT2D eigenvalue weighted by Crippen LogP contribution is 2.33. The molecule has 34 heavy (non-hydrogen) atoms. The molecule has 0 aliphatic heterocycles. The van der Waals surface area contributed by atoms with Gasteiger partial charge in [0.05, 0.1) is 18.4 Å². The minimum atomic E-state index is -0.0943. The van der Waals surface area contributed by atoms with Crippen LogP contribution in [0.3, 0.4) is 0 Å². The fraction of sp³-hybridized carbons (Fsp3) is 0.222. The molecular weight excluding hydrogens is 444 g/mol. The van der Waals surface area contributed by atoms with Crippen LogP contribution in [0.4, 0.5) is 5.69 Å². The van der Waals surface area contributed by atoms with Crippen LogP contribution in [0.15, 0.2) is 84.0 Å². The van der Waals surface area contributed by atoms with E-state index in [1.54, 1.807) is 7.11 Å². The quantitative estimate of drug-likeness (QED) is 0.336. The van der Waals surface area contributed by atoms with Gasteiger partial charge in [-0.1, -0.05) is 81.1 Å². The third kappa shape index (κ3) is 5.15. The molecule has 1 aromatic heterocycles. The Hall–Kier alpha value is -3.58. The highest BCUT2D eigenvalue weighted by atomic mass is 32.2. The molecule has 174 valence electrons. The first-order chi connectivity index (χ1) is 16.4. The van der Waals surface area contributed by atoms with Crippen molar-refractivity contribution in [3.63, 3.8) is 0 Å². The highest BCUT2D eigenvalue weighted by Gasteiger charge is 2.21. The molecule has 0 unspecified atom stereocenters. The fourth-order valence-corrected chi connectivity index (χ4v) is 4.49. The van der Waals surface area contributed by atoms with Crippen LogP contribution < -0.4 is 10.1 Å². The van der Waals surface area contributed by atoms with Crippen molar-refractivity contribution in [1.82, 2.24) is 14.8 Å². The van der Waals surface area contributed by atoms with E-state index in [0.29, 0.717) is 16.7 Å². The Morgan fingerprint density at radius 3 is 2.35 bits per heavy atom. The molecule has 0 saturated heterocycles. The minimum Gasteiger partial charge on any atom is -0.496 e. The molecule has 4 rings (SSSR count). The second kappa shape index (κ2) is 10.1. The van der Waals surface area contributed by atoms with Gasteiger partial charge in [-0.3, -0.25) is 9.36 Å². The molecule has 0 bridgehead atoms. The first-order valence-electron chi connectivity index (χ1n) is 11.0. The second-order valence-corrected chi connectivity index (χ2v) is 9.75. The number of thioether (sulfide) groups is 1. The summed E-state index contributed by atoms with van der Waals surface area (Å²) in [6, 6.07) is 25.5. The number of carbonyl (C=O) groups is 1. The van der Waals surface area contributed by atoms with Gasteiger partial charge in [0.2, 0.25) is 5.91 Å². The maximum Gasteiger partial charge on any atom is 0.234 e. The van der Waals surface area contributed by atoms with E-state index in [1.165, 1.54) is 11.8 Å². The van der Waals surface area contributed by atoms with Crippen molar-refractivity contribution >= 4 is 23.4 Å². The molecule has 0 aliphatic carbocycles. The van der Waals surface area contributed by atoms with E-state index in [-0.39, 0.29) is 17.1 Å². The first-order valence-corrected chi connectivity index (χ1v) is 12.0. The Morgan fingerprint density at radius 2 is 1.62 bits per heavy atom. The average molecular weight is 473 g/mol. The number of amides is 1. The summed E-state index contributed by atoms with van der Waals surface area (Å²) in [5.74, 6) is 1.47. The topological polar surface area (TPSA) is 69.0 Å². The first kappa shape index (κ1) is 23.6. The molecule has 1 amide bonds. The third-order valence-electron chi connectivity index (χ3n) is 5.34. The second-order valence-electron chi connectivity index (χ2n) is 8.81. The molecule has 0 aliphatic rings. The monoisotopic (exact) mass is 472 g/mol. The molecule has 0 fully saturated rings. The van der Waals surface area contributed by atoms with Crippen LogP contribution in [0.25, 0.3) is 17.1 Å². The number of benzene rings is 3. The Bertz CT molecular complexity index is 1280. The number of rotatable bonds is 7. The number of nitrogens with one attached hydrogen (secondary N) is 1. The van der Waals surface area contributed by atoms with E-state index in [0.717, 1.165) is 22.5 Å². The number of anilines is 1. The van der Waals surface area contributed by atoms with Crippen molar-refractivity contribution in [2.75, 3.05) is 18.2 Å². The van der Waals surface area contributed by atoms with E-state index < -0.39 is 0 Å². The summed E-state index contributed by atoms with van der Waals surface area (Å²) >= 11 is 1.35. The zero-order valence-corrected chi connectivity index (χ0v) is 20.6. The van der Waals surface area contributed by atoms with Gasteiger partial charge in [-0.2, -0.15) is 0 Å². The van der Waals surface area contributed by atoms with Crippen LogP contribution in [0.1, 0.15) is 26.3 Å². The van der Waals surface area contributed by atoms with Crippen LogP contribution in [0, 0.1) is 0 Å². The maximum atomic E-state index is 12.9. The summed E-state index contributed by atoms with van der Waals surface area (Å²) in [5.41, 5.74) is 3.60. The number of hydrogen-bond donors (Lipinski definition) is 1. The summed E-state index contributed by atoms with van der Waals surface area (Å²) in [6.07, 6.45) is 0. The summed E-state index contributed by atoms with van der Waals surface area (Å²) in [7, 11) is 1.64. The Balaban J connectivity index is 1.61. The maximum absolute atomic E-state index is 12.9. The van der Waals surface area contributed by atoms with Gasteiger partial charge in [-0.25, -0.2) is 0 Å². The van der Waals surface area contributed by atoms with E-state index in [4.69, 9.17) is 4.74 Å². The van der Waals surface area contributed by atoms with E-state index in [1.807, 2.05) is 83.4 Å². The van der Waals surface area contributed by atoms with Crippen LogP contribution in [-0.2, 0) is 10.2 Å². The summed E-state index contributed by atoms with van der Waals surface area (Å²) in [5, 5.41) is 12.6. The zero-order valence-electron chi connectivity index (χ0n) is 19.8. The van der Waals surface area contributed by atoms with Crippen molar-refractivity contribution in [2.45, 2.75) is 31.3 Å². The smallest absolute Gasteiger partial charge is 0.234 e. The van der Waals surface area contributed by atoms with Crippen LogP contribution in [-0.4, -0.2) is 33.5 Å². The Labute approximate surface area is 204 Å². The molecule has 0 spiro atoms. The van der Waals surface area contributed by atoms with Gasteiger partial charge in [0.1, 0.15) is 5.75 Å². The average Bonchev–Trinajstić information content (AvgIpc) is 3.26. The number of ether oxygens (including phenoxy) is 1. The summed E-state index contributed by atoms with van der Waals surface area (Å²) < 4.78 is 7.51. The molecule has 0 radical (unpaired) electrons. The van der Waals surface area contributed by atoms with Gasteiger partial charge in [0.25, 0.3) is 0 Å². The molecule has 7 heteroatoms. The van der Waals surface area contributed by atoms with E-state index in [9.17, 15) is 4.79 Å². The van der Waals surface area contributed by atoms with Crippen molar-refractivity contribution in [3.05, 3.63) is 84.4 Å².